The number of carbonyl (C=O) groups excluding carboxylic acids is 9. The number of carboxylic acid groups (broad SMARTS) is 1. The summed E-state index contributed by atoms with van der Waals surface area (Å²) in [6.07, 6.45) is -1.17. The smallest absolute Gasteiger partial charge is 0.326 e. The third-order valence-corrected chi connectivity index (χ3v) is 9.57. The van der Waals surface area contributed by atoms with Crippen LogP contribution >= 0.6 is 0 Å². The fourth-order valence-corrected chi connectivity index (χ4v) is 5.73. The molecule has 0 aromatic heterocycles. The first-order chi connectivity index (χ1) is 29.1. The van der Waals surface area contributed by atoms with Crippen LogP contribution in [0.15, 0.2) is 24.3 Å². The molecule has 0 heterocycles. The van der Waals surface area contributed by atoms with Gasteiger partial charge in [-0.25, -0.2) is 4.79 Å². The molecule has 0 saturated heterocycles. The highest BCUT2D eigenvalue weighted by atomic mass is 16.4. The first kappa shape index (κ1) is 53.6. The fourth-order valence-electron chi connectivity index (χ4n) is 5.73. The van der Waals surface area contributed by atoms with E-state index in [-0.39, 0.29) is 57.2 Å². The summed E-state index contributed by atoms with van der Waals surface area (Å²) in [5, 5.41) is 43.8. The molecule has 9 amide bonds. The third-order valence-electron chi connectivity index (χ3n) is 9.57. The molecule has 0 saturated carbocycles. The summed E-state index contributed by atoms with van der Waals surface area (Å²) in [7, 11) is 0. The normalized spacial score (nSPS) is 14.8. The van der Waals surface area contributed by atoms with E-state index in [0.29, 0.717) is 18.4 Å². The summed E-state index contributed by atoms with van der Waals surface area (Å²) in [6, 6.07) is -5.05. The van der Waals surface area contributed by atoms with Gasteiger partial charge in [-0.2, -0.15) is 0 Å². The minimum Gasteiger partial charge on any atom is -0.508 e. The van der Waals surface area contributed by atoms with Gasteiger partial charge >= 0.3 is 5.97 Å². The van der Waals surface area contributed by atoms with E-state index in [1.807, 2.05) is 0 Å². The number of amides is 9. The molecule has 19 N–H and O–H groups in total. The van der Waals surface area contributed by atoms with Crippen molar-refractivity contribution in [2.24, 2.45) is 34.6 Å². The van der Waals surface area contributed by atoms with Crippen LogP contribution in [-0.2, 0) is 54.4 Å². The number of nitrogens with one attached hydrogen (secondary N) is 6. The molecule has 346 valence electrons. The number of aliphatic hydroxyl groups is 1. The lowest BCUT2D eigenvalue weighted by atomic mass is 9.97. The van der Waals surface area contributed by atoms with Crippen molar-refractivity contribution in [1.29, 1.82) is 0 Å². The van der Waals surface area contributed by atoms with Crippen molar-refractivity contribution >= 4 is 59.1 Å². The zero-order valence-electron chi connectivity index (χ0n) is 34.7. The molecular formula is C38H61N11O13. The van der Waals surface area contributed by atoms with Gasteiger partial charge in [-0.15, -0.1) is 0 Å². The van der Waals surface area contributed by atoms with Gasteiger partial charge in [-0.1, -0.05) is 32.4 Å². The molecule has 0 aliphatic rings. The molecule has 1 aromatic rings. The highest BCUT2D eigenvalue weighted by Crippen LogP contribution is 2.14. The van der Waals surface area contributed by atoms with Gasteiger partial charge in [-0.05, 0) is 62.3 Å². The lowest BCUT2D eigenvalue weighted by Gasteiger charge is -2.29. The van der Waals surface area contributed by atoms with Crippen molar-refractivity contribution in [2.45, 2.75) is 120 Å². The Labute approximate surface area is 357 Å². The standard InChI is InChI=1S/C38H61N11O13/c1-3-19(2)31(49-33(56)23(6-4-5-15-39)44-35(58)26(17-30(43)54)46-32(55)22(40)11-13-28(41)52)37(60)48-27(18-50)36(59)47-25(16-20-7-9-21(51)10-8-20)34(57)45-24(38(61)62)12-14-29(42)53/h7-10,19,22-27,31,50-51H,3-6,11-18,39-40H2,1-2H3,(H2,41,52)(H2,42,53)(H2,43,54)(H,44,58)(H,45,57)(H,46,55)(H,47,59)(H,48,60)(H,49,56)(H,61,62). The first-order valence-electron chi connectivity index (χ1n) is 19.9. The van der Waals surface area contributed by atoms with Gasteiger partial charge in [-0.3, -0.25) is 43.2 Å². The average Bonchev–Trinajstić information content (AvgIpc) is 3.21. The number of hydrogen-bond acceptors (Lipinski definition) is 14. The number of rotatable bonds is 30. The Kier molecular flexibility index (Phi) is 23.7. The summed E-state index contributed by atoms with van der Waals surface area (Å²) in [5.41, 5.74) is 27.4. The second kappa shape index (κ2) is 27.4. The van der Waals surface area contributed by atoms with Crippen molar-refractivity contribution in [1.82, 2.24) is 31.9 Å². The van der Waals surface area contributed by atoms with Gasteiger partial charge in [0.15, 0.2) is 0 Å². The Morgan fingerprint density at radius 1 is 0.613 bits per heavy atom. The highest BCUT2D eigenvalue weighted by Gasteiger charge is 2.35. The molecule has 0 aliphatic carbocycles. The molecule has 24 nitrogen and oxygen atoms in total. The Morgan fingerprint density at radius 2 is 1.11 bits per heavy atom. The topological polar surface area (TPSA) is 434 Å². The van der Waals surface area contributed by atoms with Gasteiger partial charge < -0.3 is 75.9 Å². The molecule has 1 aromatic carbocycles. The SMILES string of the molecule is CCC(C)C(NC(=O)C(CCCCN)NC(=O)C(CC(N)=O)NC(=O)C(N)CCC(N)=O)C(=O)NC(CO)C(=O)NC(Cc1ccc(O)cc1)C(=O)NC(CCC(N)=O)C(=O)O. The molecule has 0 radical (unpaired) electrons. The van der Waals surface area contributed by atoms with E-state index in [0.717, 1.165) is 0 Å². The molecule has 0 spiro atoms. The van der Waals surface area contributed by atoms with E-state index >= 15 is 0 Å². The lowest BCUT2D eigenvalue weighted by Crippen LogP contribution is -2.61. The zero-order valence-corrected chi connectivity index (χ0v) is 34.7. The van der Waals surface area contributed by atoms with Crippen molar-refractivity contribution in [3.05, 3.63) is 29.8 Å². The van der Waals surface area contributed by atoms with Crippen molar-refractivity contribution in [3.8, 4) is 5.75 Å². The van der Waals surface area contributed by atoms with Crippen molar-refractivity contribution < 1.29 is 63.3 Å². The van der Waals surface area contributed by atoms with Crippen LogP contribution < -0.4 is 60.6 Å². The van der Waals surface area contributed by atoms with Crippen LogP contribution in [0.25, 0.3) is 0 Å². The number of phenols is 1. The number of phenolic OH excluding ortho intramolecular Hbond substituents is 1. The summed E-state index contributed by atoms with van der Waals surface area (Å²) in [4.78, 5) is 127. The lowest BCUT2D eigenvalue weighted by molar-refractivity contribution is -0.142. The summed E-state index contributed by atoms with van der Waals surface area (Å²) in [5.74, 6) is -10.7. The second-order valence-corrected chi connectivity index (χ2v) is 14.6. The number of benzene rings is 1. The summed E-state index contributed by atoms with van der Waals surface area (Å²) in [6.45, 7) is 2.50. The highest BCUT2D eigenvalue weighted by molar-refractivity contribution is 5.98. The first-order valence-corrected chi connectivity index (χ1v) is 19.9. The minimum atomic E-state index is -1.74. The predicted octanol–water partition coefficient (Wildman–Crippen LogP) is -5.17. The third kappa shape index (κ3) is 19.8. The number of aliphatic carboxylic acids is 1. The number of aromatic hydroxyl groups is 1. The zero-order chi connectivity index (χ0) is 47.1. The largest absolute Gasteiger partial charge is 0.508 e. The van der Waals surface area contributed by atoms with Gasteiger partial charge in [0, 0.05) is 19.3 Å². The quantitative estimate of drug-likeness (QED) is 0.0321. The number of primary amides is 3. The van der Waals surface area contributed by atoms with Crippen LogP contribution in [0.4, 0.5) is 0 Å². The van der Waals surface area contributed by atoms with Crippen LogP contribution in [0.5, 0.6) is 5.75 Å². The van der Waals surface area contributed by atoms with Crippen LogP contribution in [0.1, 0.15) is 77.2 Å². The van der Waals surface area contributed by atoms with E-state index in [1.54, 1.807) is 13.8 Å². The molecule has 62 heavy (non-hydrogen) atoms. The molecule has 8 atom stereocenters. The van der Waals surface area contributed by atoms with E-state index < -0.39 is 120 Å². The van der Waals surface area contributed by atoms with E-state index in [9.17, 15) is 63.3 Å². The van der Waals surface area contributed by atoms with Crippen LogP contribution in [0, 0.1) is 5.92 Å². The predicted molar refractivity (Wildman–Crippen MR) is 219 cm³/mol. The van der Waals surface area contributed by atoms with Crippen molar-refractivity contribution in [3.63, 3.8) is 0 Å². The molecule has 1 rings (SSSR count). The number of aliphatic hydroxyl groups excluding tert-OH is 1. The number of carboxylic acids is 1. The number of carbonyl (C=O) groups is 10. The van der Waals surface area contributed by atoms with Crippen LogP contribution in [-0.4, -0.2) is 130 Å². The summed E-state index contributed by atoms with van der Waals surface area (Å²) < 4.78 is 0. The number of hydrogen-bond donors (Lipinski definition) is 14. The maximum absolute atomic E-state index is 13.8. The number of nitrogens with two attached hydrogens (primary N) is 5. The Bertz CT molecular complexity index is 1730. The van der Waals surface area contributed by atoms with E-state index in [1.165, 1.54) is 24.3 Å². The Balaban J connectivity index is 3.34. The minimum absolute atomic E-state index is 0.0313. The van der Waals surface area contributed by atoms with Gasteiger partial charge in [0.05, 0.1) is 19.1 Å². The fraction of sp³-hybridized carbons (Fsp3) is 0.579. The monoisotopic (exact) mass is 879 g/mol. The molecule has 0 fully saturated rings. The Morgan fingerprint density at radius 3 is 1.65 bits per heavy atom. The van der Waals surface area contributed by atoms with Crippen LogP contribution in [0.3, 0.4) is 0 Å². The van der Waals surface area contributed by atoms with Crippen LogP contribution in [0.2, 0.25) is 0 Å². The maximum Gasteiger partial charge on any atom is 0.326 e. The molecular weight excluding hydrogens is 818 g/mol. The Hall–Kier alpha value is -6.40. The van der Waals surface area contributed by atoms with Gasteiger partial charge in [0.1, 0.15) is 42.0 Å². The molecule has 24 heteroatoms. The van der Waals surface area contributed by atoms with Gasteiger partial charge in [0.2, 0.25) is 53.2 Å². The molecule has 0 bridgehead atoms. The maximum atomic E-state index is 13.8. The van der Waals surface area contributed by atoms with Gasteiger partial charge in [0.25, 0.3) is 0 Å². The van der Waals surface area contributed by atoms with E-state index in [4.69, 9.17) is 28.7 Å². The second-order valence-electron chi connectivity index (χ2n) is 14.6. The summed E-state index contributed by atoms with van der Waals surface area (Å²) >= 11 is 0. The van der Waals surface area contributed by atoms with Crippen molar-refractivity contribution in [2.75, 3.05) is 13.2 Å². The van der Waals surface area contributed by atoms with E-state index in [2.05, 4.69) is 31.9 Å². The average molecular weight is 880 g/mol. The number of unbranched alkanes of at least 4 members (excludes halogenated alkanes) is 1. The molecule has 0 aliphatic heterocycles. The molecule has 8 unspecified atom stereocenters.